The smallest absolute Gasteiger partial charge is 0.357 e. The maximum atomic E-state index is 12.0. The number of halogens is 3. The number of aromatic nitrogens is 1. The van der Waals surface area contributed by atoms with Gasteiger partial charge in [0, 0.05) is 30.6 Å². The molecule has 2 N–H and O–H groups in total. The molecule has 0 amide bonds. The van der Waals surface area contributed by atoms with Gasteiger partial charge in [0.25, 0.3) is 0 Å². The summed E-state index contributed by atoms with van der Waals surface area (Å²) < 4.78 is 36.0. The number of nitrogens with one attached hydrogen (secondary N) is 2. The van der Waals surface area contributed by atoms with Crippen LogP contribution in [0.25, 0.3) is 0 Å². The van der Waals surface area contributed by atoms with Gasteiger partial charge < -0.3 is 10.6 Å². The van der Waals surface area contributed by atoms with E-state index in [2.05, 4.69) is 20.6 Å². The second kappa shape index (κ2) is 8.86. The monoisotopic (exact) mass is 322 g/mol. The predicted molar refractivity (Wildman–Crippen MR) is 79.6 cm³/mol. The SMILES string of the molecule is CCNC(=NCc1ncc(C)s1)NCCCCC(F)(F)F. The molecule has 0 fully saturated rings. The van der Waals surface area contributed by atoms with E-state index in [0.717, 1.165) is 9.88 Å². The van der Waals surface area contributed by atoms with Gasteiger partial charge in [-0.25, -0.2) is 9.98 Å². The molecule has 0 saturated carbocycles. The van der Waals surface area contributed by atoms with E-state index in [1.54, 1.807) is 17.5 Å². The fraction of sp³-hybridized carbons (Fsp3) is 0.692. The maximum absolute atomic E-state index is 12.0. The number of nitrogens with zero attached hydrogens (tertiary/aromatic N) is 2. The molecule has 0 radical (unpaired) electrons. The van der Waals surface area contributed by atoms with Crippen molar-refractivity contribution in [1.82, 2.24) is 15.6 Å². The third-order valence-corrected chi connectivity index (χ3v) is 3.46. The summed E-state index contributed by atoms with van der Waals surface area (Å²) in [6.45, 7) is 5.56. The molecule has 0 spiro atoms. The van der Waals surface area contributed by atoms with Crippen LogP contribution < -0.4 is 10.6 Å². The lowest BCUT2D eigenvalue weighted by atomic mass is 10.2. The number of alkyl halides is 3. The van der Waals surface area contributed by atoms with Gasteiger partial charge in [-0.15, -0.1) is 11.3 Å². The molecule has 1 aromatic rings. The van der Waals surface area contributed by atoms with Crippen LogP contribution in [0.3, 0.4) is 0 Å². The molecule has 0 saturated heterocycles. The minimum atomic E-state index is -4.07. The summed E-state index contributed by atoms with van der Waals surface area (Å²) in [6.07, 6.45) is -2.42. The van der Waals surface area contributed by atoms with E-state index < -0.39 is 12.6 Å². The number of aryl methyl sites for hydroxylation is 1. The van der Waals surface area contributed by atoms with Crippen molar-refractivity contribution in [3.8, 4) is 0 Å². The molecule has 21 heavy (non-hydrogen) atoms. The van der Waals surface area contributed by atoms with Crippen molar-refractivity contribution in [1.29, 1.82) is 0 Å². The highest BCUT2D eigenvalue weighted by atomic mass is 32.1. The van der Waals surface area contributed by atoms with Gasteiger partial charge in [-0.1, -0.05) is 0 Å². The Morgan fingerprint density at radius 1 is 1.33 bits per heavy atom. The van der Waals surface area contributed by atoms with Crippen molar-refractivity contribution in [2.75, 3.05) is 13.1 Å². The second-order valence-corrected chi connectivity index (χ2v) is 5.88. The highest BCUT2D eigenvalue weighted by Crippen LogP contribution is 2.21. The summed E-state index contributed by atoms with van der Waals surface area (Å²) in [5.74, 6) is 0.609. The number of aliphatic imine (C=N–C) groups is 1. The van der Waals surface area contributed by atoms with Gasteiger partial charge in [-0.2, -0.15) is 13.2 Å². The molecule has 4 nitrogen and oxygen atoms in total. The topological polar surface area (TPSA) is 49.3 Å². The van der Waals surface area contributed by atoms with Crippen LogP contribution in [-0.2, 0) is 6.54 Å². The highest BCUT2D eigenvalue weighted by molar-refractivity contribution is 7.11. The maximum Gasteiger partial charge on any atom is 0.389 e. The van der Waals surface area contributed by atoms with Crippen LogP contribution in [0, 0.1) is 6.92 Å². The Kier molecular flexibility index (Phi) is 7.49. The zero-order valence-electron chi connectivity index (χ0n) is 12.3. The Balaban J connectivity index is 2.32. The summed E-state index contributed by atoms with van der Waals surface area (Å²) in [7, 11) is 0. The van der Waals surface area contributed by atoms with Gasteiger partial charge in [0.1, 0.15) is 5.01 Å². The molecule has 120 valence electrons. The van der Waals surface area contributed by atoms with E-state index in [0.29, 0.717) is 32.0 Å². The summed E-state index contributed by atoms with van der Waals surface area (Å²) in [6, 6.07) is 0. The Morgan fingerprint density at radius 2 is 2.10 bits per heavy atom. The first-order valence-electron chi connectivity index (χ1n) is 6.91. The largest absolute Gasteiger partial charge is 0.389 e. The molecular formula is C13H21F3N4S. The van der Waals surface area contributed by atoms with Crippen molar-refractivity contribution in [3.63, 3.8) is 0 Å². The first kappa shape index (κ1) is 17.7. The van der Waals surface area contributed by atoms with Crippen LogP contribution in [-0.4, -0.2) is 30.2 Å². The van der Waals surface area contributed by atoms with Gasteiger partial charge >= 0.3 is 6.18 Å². The molecule has 0 aromatic carbocycles. The number of hydrogen-bond donors (Lipinski definition) is 2. The third kappa shape index (κ3) is 8.54. The minimum Gasteiger partial charge on any atom is -0.357 e. The molecule has 0 unspecified atom stereocenters. The molecule has 8 heteroatoms. The summed E-state index contributed by atoms with van der Waals surface area (Å²) in [5, 5.41) is 7.01. The lowest BCUT2D eigenvalue weighted by Gasteiger charge is -2.11. The van der Waals surface area contributed by atoms with E-state index in [1.807, 2.05) is 13.8 Å². The lowest BCUT2D eigenvalue weighted by Crippen LogP contribution is -2.37. The molecule has 0 aliphatic heterocycles. The van der Waals surface area contributed by atoms with Crippen LogP contribution in [0.4, 0.5) is 13.2 Å². The van der Waals surface area contributed by atoms with Crippen molar-refractivity contribution < 1.29 is 13.2 Å². The van der Waals surface area contributed by atoms with Crippen molar-refractivity contribution >= 4 is 17.3 Å². The summed E-state index contributed by atoms with van der Waals surface area (Å²) in [5.41, 5.74) is 0. The third-order valence-electron chi connectivity index (χ3n) is 2.57. The van der Waals surface area contributed by atoms with E-state index in [-0.39, 0.29) is 6.42 Å². The number of unbranched alkanes of at least 4 members (excludes halogenated alkanes) is 1. The molecule has 0 aliphatic rings. The Labute approximate surface area is 126 Å². The fourth-order valence-corrected chi connectivity index (χ4v) is 2.33. The van der Waals surface area contributed by atoms with Crippen LogP contribution >= 0.6 is 11.3 Å². The normalized spacial score (nSPS) is 12.5. The van der Waals surface area contributed by atoms with Crippen LogP contribution in [0.15, 0.2) is 11.2 Å². The summed E-state index contributed by atoms with van der Waals surface area (Å²) in [4.78, 5) is 9.71. The first-order valence-corrected chi connectivity index (χ1v) is 7.72. The molecule has 0 bridgehead atoms. The van der Waals surface area contributed by atoms with E-state index in [1.165, 1.54) is 0 Å². The number of hydrogen-bond acceptors (Lipinski definition) is 3. The van der Waals surface area contributed by atoms with Crippen LogP contribution in [0.2, 0.25) is 0 Å². The molecule has 1 heterocycles. The average Bonchev–Trinajstić information content (AvgIpc) is 2.80. The fourth-order valence-electron chi connectivity index (χ4n) is 1.62. The molecular weight excluding hydrogens is 301 g/mol. The lowest BCUT2D eigenvalue weighted by molar-refractivity contribution is -0.135. The zero-order valence-corrected chi connectivity index (χ0v) is 13.1. The van der Waals surface area contributed by atoms with Crippen LogP contribution in [0.1, 0.15) is 36.1 Å². The molecule has 1 aromatic heterocycles. The Hall–Kier alpha value is -1.31. The van der Waals surface area contributed by atoms with Gasteiger partial charge in [-0.3, -0.25) is 0 Å². The number of rotatable bonds is 7. The average molecular weight is 322 g/mol. The standard InChI is InChI=1S/C13H21F3N4S/c1-3-17-12(18-7-5-4-6-13(14,15)16)20-9-11-19-8-10(2)21-11/h8H,3-7,9H2,1-2H3,(H2,17,18,20). The van der Waals surface area contributed by atoms with Gasteiger partial charge in [0.15, 0.2) is 5.96 Å². The van der Waals surface area contributed by atoms with Gasteiger partial charge in [-0.05, 0) is 26.7 Å². The summed E-state index contributed by atoms with van der Waals surface area (Å²) >= 11 is 1.58. The van der Waals surface area contributed by atoms with E-state index in [9.17, 15) is 13.2 Å². The first-order chi connectivity index (χ1) is 9.90. The van der Waals surface area contributed by atoms with Gasteiger partial charge in [0.2, 0.25) is 0 Å². The Bertz CT molecular complexity index is 443. The molecule has 0 atom stereocenters. The quantitative estimate of drug-likeness (QED) is 0.460. The Morgan fingerprint density at radius 3 is 2.67 bits per heavy atom. The number of thiazole rings is 1. The van der Waals surface area contributed by atoms with E-state index >= 15 is 0 Å². The molecule has 0 aliphatic carbocycles. The zero-order chi connectivity index (χ0) is 15.7. The minimum absolute atomic E-state index is 0.127. The van der Waals surface area contributed by atoms with Gasteiger partial charge in [0.05, 0.1) is 6.54 Å². The number of guanidine groups is 1. The van der Waals surface area contributed by atoms with Crippen molar-refractivity contribution in [2.45, 2.75) is 45.8 Å². The molecule has 1 rings (SSSR count). The van der Waals surface area contributed by atoms with Crippen LogP contribution in [0.5, 0.6) is 0 Å². The highest BCUT2D eigenvalue weighted by Gasteiger charge is 2.25. The second-order valence-electron chi connectivity index (χ2n) is 4.56. The van der Waals surface area contributed by atoms with E-state index in [4.69, 9.17) is 0 Å². The van der Waals surface area contributed by atoms with Crippen molar-refractivity contribution in [2.24, 2.45) is 4.99 Å². The predicted octanol–water partition coefficient (Wildman–Crippen LogP) is 3.24. The van der Waals surface area contributed by atoms with Crippen molar-refractivity contribution in [3.05, 3.63) is 16.1 Å².